The predicted octanol–water partition coefficient (Wildman–Crippen LogP) is 9.98. The largest absolute Gasteiger partial charge is 0.756 e. The van der Waals surface area contributed by atoms with Gasteiger partial charge in [-0.2, -0.15) is 0 Å². The molecule has 12 nitrogen and oxygen atoms in total. The number of allylic oxidation sites excluding steroid dienone is 8. The van der Waals surface area contributed by atoms with Crippen LogP contribution in [0.4, 0.5) is 0 Å². The number of quaternary nitrogens is 1. The molecular weight excluding hydrogens is 822 g/mol. The van der Waals surface area contributed by atoms with Crippen molar-refractivity contribution in [3.63, 3.8) is 0 Å². The molecule has 1 rings (SSSR count). The van der Waals surface area contributed by atoms with E-state index in [4.69, 9.17) is 22.9 Å². The first-order valence-corrected chi connectivity index (χ1v) is 24.7. The lowest BCUT2D eigenvalue weighted by Gasteiger charge is -2.28. The Balaban J connectivity index is 2.47. The highest BCUT2D eigenvalue weighted by Crippen LogP contribution is 2.38. The van der Waals surface area contributed by atoms with E-state index in [1.54, 1.807) is 36.5 Å². The molecule has 1 aromatic heterocycles. The van der Waals surface area contributed by atoms with Crippen molar-refractivity contribution < 1.29 is 56.7 Å². The van der Waals surface area contributed by atoms with Crippen molar-refractivity contribution in [3.05, 3.63) is 95.6 Å². The van der Waals surface area contributed by atoms with E-state index in [0.29, 0.717) is 43.1 Å². The summed E-state index contributed by atoms with van der Waals surface area (Å²) in [5.41, 5.74) is 2.58. The van der Waals surface area contributed by atoms with Gasteiger partial charge in [0.05, 0.1) is 40.0 Å². The summed E-state index contributed by atoms with van der Waals surface area (Å²) in [4.78, 5) is 37.7. The number of rotatable bonds is 37. The van der Waals surface area contributed by atoms with Gasteiger partial charge in [-0.25, -0.2) is 0 Å². The lowest BCUT2D eigenvalue weighted by Crippen LogP contribution is -2.37. The first-order chi connectivity index (χ1) is 30.1. The zero-order valence-electron chi connectivity index (χ0n) is 39.7. The third-order valence-corrected chi connectivity index (χ3v) is 11.1. The highest BCUT2D eigenvalue weighted by Gasteiger charge is 2.22. The molecule has 0 aliphatic carbocycles. The number of aliphatic hydroxyl groups is 2. The monoisotopic (exact) mass is 904 g/mol. The summed E-state index contributed by atoms with van der Waals surface area (Å²) in [5.74, 6) is 1.21. The van der Waals surface area contributed by atoms with E-state index in [2.05, 4.69) is 20.8 Å². The number of nitrogens with zero attached hydrogens (tertiary/aromatic N) is 1. The maximum atomic E-state index is 12.7. The Bertz CT molecular complexity index is 1620. The minimum atomic E-state index is -4.70. The van der Waals surface area contributed by atoms with E-state index in [0.717, 1.165) is 69.3 Å². The number of carbonyl (C=O) groups is 2. The van der Waals surface area contributed by atoms with Gasteiger partial charge in [0, 0.05) is 25.7 Å². The third kappa shape index (κ3) is 32.0. The van der Waals surface area contributed by atoms with Crippen LogP contribution in [0.25, 0.3) is 0 Å². The van der Waals surface area contributed by atoms with Crippen LogP contribution in [0.5, 0.6) is 0 Å². The second kappa shape index (κ2) is 35.0. The second-order valence-corrected chi connectivity index (χ2v) is 18.4. The second-order valence-electron chi connectivity index (χ2n) is 17.0. The average Bonchev–Trinajstić information content (AvgIpc) is 3.49. The predicted molar refractivity (Wildman–Crippen MR) is 251 cm³/mol. The number of hydrogen-bond acceptors (Lipinski definition) is 11. The van der Waals surface area contributed by atoms with Crippen LogP contribution in [0.15, 0.2) is 77.3 Å². The summed E-state index contributed by atoms with van der Waals surface area (Å²) in [6, 6.07) is 0. The molecular formula is C50H82NO11P. The number of ether oxygens (including phenoxy) is 2. The van der Waals surface area contributed by atoms with E-state index < -0.39 is 44.7 Å². The standard InChI is InChI=1S/C50H82NO11P/c1-8-10-22-30-44(52)32-25-20-21-26-33-45(53)31-24-16-12-14-19-29-37-50(55)61-46(41-60-63(56,57)59-39-38-51(5,6)7)40-58-49(54)36-28-18-15-13-17-27-35-48-43(4)42(3)47(62-48)34-23-11-9-2/h10,14,16,19-22,24-26,32-33,44-46,52-53H,8-9,11-13,15,17-18,23,27-31,34-41H2,1-7H3/b19-14-,21-20-,22-10-,24-16-,32-25+,33-26+/t44-,45+,46+/m0/s1. The quantitative estimate of drug-likeness (QED) is 0.0163. The van der Waals surface area contributed by atoms with Crippen LogP contribution in [0.3, 0.4) is 0 Å². The summed E-state index contributed by atoms with van der Waals surface area (Å²) in [7, 11) is 1.01. The highest BCUT2D eigenvalue weighted by atomic mass is 31.2. The van der Waals surface area contributed by atoms with E-state index in [9.17, 15) is 29.3 Å². The average molecular weight is 904 g/mol. The molecule has 0 bridgehead atoms. The van der Waals surface area contributed by atoms with Gasteiger partial charge in [0.2, 0.25) is 0 Å². The van der Waals surface area contributed by atoms with Gasteiger partial charge in [-0.05, 0) is 76.3 Å². The Morgan fingerprint density at radius 2 is 1.29 bits per heavy atom. The Kier molecular flexibility index (Phi) is 32.0. The Labute approximate surface area is 380 Å². The summed E-state index contributed by atoms with van der Waals surface area (Å²) in [5, 5.41) is 20.0. The summed E-state index contributed by atoms with van der Waals surface area (Å²) >= 11 is 0. The van der Waals surface area contributed by atoms with Gasteiger partial charge in [-0.3, -0.25) is 14.2 Å². The van der Waals surface area contributed by atoms with E-state index in [1.165, 1.54) is 24.0 Å². The summed E-state index contributed by atoms with van der Waals surface area (Å²) < 4.78 is 40.0. The highest BCUT2D eigenvalue weighted by molar-refractivity contribution is 7.45. The SMILES string of the molecule is CC/C=C\C[C@H](O)/C=C/C=C\C=C\[C@H](O)C/C=C\C/C=C\CCC(=O)O[C@H](COC(=O)CCCCCCCCc1oc(CCCCC)c(C)c1C)COP(=O)([O-])OCC[N+](C)(C)C. The number of aliphatic hydroxyl groups excluding tert-OH is 2. The minimum Gasteiger partial charge on any atom is -0.756 e. The van der Waals surface area contributed by atoms with Crippen molar-refractivity contribution in [1.82, 2.24) is 0 Å². The molecule has 0 aliphatic rings. The fourth-order valence-corrected chi connectivity index (χ4v) is 6.88. The summed E-state index contributed by atoms with van der Waals surface area (Å²) in [6.07, 6.45) is 34.2. The van der Waals surface area contributed by atoms with Crippen molar-refractivity contribution in [2.24, 2.45) is 0 Å². The van der Waals surface area contributed by atoms with Crippen LogP contribution in [0, 0.1) is 13.8 Å². The van der Waals surface area contributed by atoms with Gasteiger partial charge < -0.3 is 42.5 Å². The number of carbonyl (C=O) groups excluding carboxylic acids is 2. The molecule has 0 amide bonds. The van der Waals surface area contributed by atoms with Crippen molar-refractivity contribution >= 4 is 19.8 Å². The molecule has 0 aliphatic heterocycles. The number of esters is 2. The lowest BCUT2D eigenvalue weighted by molar-refractivity contribution is -0.870. The number of unbranched alkanes of at least 4 members (excludes halogenated alkanes) is 7. The zero-order chi connectivity index (χ0) is 46.8. The molecule has 1 heterocycles. The molecule has 4 atom stereocenters. The van der Waals surface area contributed by atoms with Crippen LogP contribution in [0.2, 0.25) is 0 Å². The van der Waals surface area contributed by atoms with Crippen LogP contribution in [-0.2, 0) is 45.5 Å². The molecule has 0 aromatic carbocycles. The van der Waals surface area contributed by atoms with Gasteiger partial charge >= 0.3 is 11.9 Å². The lowest BCUT2D eigenvalue weighted by atomic mass is 10.0. The van der Waals surface area contributed by atoms with Crippen molar-refractivity contribution in [3.8, 4) is 0 Å². The Morgan fingerprint density at radius 1 is 0.714 bits per heavy atom. The molecule has 0 spiro atoms. The van der Waals surface area contributed by atoms with Gasteiger partial charge in [0.1, 0.15) is 31.3 Å². The minimum absolute atomic E-state index is 0.0294. The van der Waals surface area contributed by atoms with Crippen molar-refractivity contribution in [2.45, 2.75) is 162 Å². The Morgan fingerprint density at radius 3 is 1.89 bits per heavy atom. The molecule has 1 unspecified atom stereocenters. The van der Waals surface area contributed by atoms with Gasteiger partial charge in [0.15, 0.2) is 6.10 Å². The van der Waals surface area contributed by atoms with Gasteiger partial charge in [-0.15, -0.1) is 0 Å². The number of aryl methyl sites for hydroxylation is 2. The molecule has 0 fully saturated rings. The topological polar surface area (TPSA) is 165 Å². The molecule has 0 radical (unpaired) electrons. The van der Waals surface area contributed by atoms with Crippen LogP contribution < -0.4 is 4.89 Å². The first-order valence-electron chi connectivity index (χ1n) is 23.2. The maximum Gasteiger partial charge on any atom is 0.306 e. The molecule has 1 aromatic rings. The van der Waals surface area contributed by atoms with Gasteiger partial charge in [0.25, 0.3) is 7.82 Å². The van der Waals surface area contributed by atoms with Crippen LogP contribution in [0.1, 0.15) is 139 Å². The Hall–Kier alpha value is -3.35. The number of phosphoric acid groups is 1. The molecule has 0 saturated heterocycles. The van der Waals surface area contributed by atoms with Crippen LogP contribution in [-0.4, -0.2) is 92.5 Å². The number of likely N-dealkylation sites (N-methyl/N-ethyl adjacent to an activating group) is 1. The number of phosphoric ester groups is 1. The van der Waals surface area contributed by atoms with E-state index in [1.807, 2.05) is 64.5 Å². The molecule has 13 heteroatoms. The molecule has 63 heavy (non-hydrogen) atoms. The van der Waals surface area contributed by atoms with Crippen molar-refractivity contribution in [2.75, 3.05) is 47.5 Å². The van der Waals surface area contributed by atoms with E-state index >= 15 is 0 Å². The van der Waals surface area contributed by atoms with Gasteiger partial charge in [-0.1, -0.05) is 125 Å². The normalized spacial score (nSPS) is 15.1. The smallest absolute Gasteiger partial charge is 0.306 e. The maximum absolute atomic E-state index is 12.7. The molecule has 2 N–H and O–H groups in total. The molecule has 358 valence electrons. The molecule has 0 saturated carbocycles. The first kappa shape index (κ1) is 57.7. The fourth-order valence-electron chi connectivity index (χ4n) is 6.15. The van der Waals surface area contributed by atoms with Crippen LogP contribution >= 0.6 is 7.82 Å². The fraction of sp³-hybridized carbons (Fsp3) is 0.640. The number of hydrogen-bond donors (Lipinski definition) is 2. The number of furan rings is 1. The summed E-state index contributed by atoms with van der Waals surface area (Å²) in [6.45, 7) is 8.04. The van der Waals surface area contributed by atoms with Crippen molar-refractivity contribution in [1.29, 1.82) is 0 Å². The van der Waals surface area contributed by atoms with E-state index in [-0.39, 0.29) is 26.1 Å². The third-order valence-electron chi connectivity index (χ3n) is 10.1. The zero-order valence-corrected chi connectivity index (χ0v) is 40.6.